The zero-order valence-corrected chi connectivity index (χ0v) is 16.7. The second-order valence-corrected chi connectivity index (χ2v) is 6.28. The lowest BCUT2D eigenvalue weighted by Gasteiger charge is -2.22. The Balaban J connectivity index is 2.04. The third kappa shape index (κ3) is 5.97. The predicted octanol–water partition coefficient (Wildman–Crippen LogP) is 4.83. The predicted molar refractivity (Wildman–Crippen MR) is 112 cm³/mol. The van der Waals surface area contributed by atoms with E-state index in [-0.39, 0.29) is 17.9 Å². The number of nitro benzene ring substituents is 1. The quantitative estimate of drug-likeness (QED) is 0.193. The third-order valence-corrected chi connectivity index (χ3v) is 4.12. The molecule has 0 unspecified atom stereocenters. The van der Waals surface area contributed by atoms with Gasteiger partial charge in [0.1, 0.15) is 18.2 Å². The molecule has 0 spiro atoms. The Bertz CT molecular complexity index is 1010. The van der Waals surface area contributed by atoms with Gasteiger partial charge in [0, 0.05) is 23.9 Å². The molecule has 0 N–H and O–H groups in total. The van der Waals surface area contributed by atoms with Crippen LogP contribution in [-0.4, -0.2) is 30.6 Å². The number of nitro groups is 1. The molecule has 0 bridgehead atoms. The summed E-state index contributed by atoms with van der Waals surface area (Å²) >= 11 is 0. The summed E-state index contributed by atoms with van der Waals surface area (Å²) in [6.45, 7) is 8.66. The van der Waals surface area contributed by atoms with E-state index in [4.69, 9.17) is 10.00 Å². The molecular weight excluding hydrogens is 386 g/mol. The summed E-state index contributed by atoms with van der Waals surface area (Å²) in [5.74, 6) is -0.410. The first-order chi connectivity index (χ1) is 14.3. The van der Waals surface area contributed by atoms with E-state index in [9.17, 15) is 14.9 Å². The van der Waals surface area contributed by atoms with Gasteiger partial charge in [-0.2, -0.15) is 15.5 Å². The summed E-state index contributed by atoms with van der Waals surface area (Å²) in [7, 11) is 0. The van der Waals surface area contributed by atoms with Crippen LogP contribution in [0.3, 0.4) is 0 Å². The molecule has 0 atom stereocenters. The van der Waals surface area contributed by atoms with Crippen molar-refractivity contribution < 1.29 is 14.5 Å². The number of rotatable bonds is 9. The summed E-state index contributed by atoms with van der Waals surface area (Å²) in [6.07, 6.45) is 0. The van der Waals surface area contributed by atoms with Crippen molar-refractivity contribution in [3.63, 3.8) is 0 Å². The number of carbonyl (C=O) groups is 1. The largest absolute Gasteiger partial charge is 0.460 e. The van der Waals surface area contributed by atoms with E-state index in [0.717, 1.165) is 12.2 Å². The van der Waals surface area contributed by atoms with Crippen molar-refractivity contribution in [2.45, 2.75) is 13.8 Å². The van der Waals surface area contributed by atoms with Gasteiger partial charge in [-0.15, -0.1) is 0 Å². The van der Waals surface area contributed by atoms with Crippen molar-refractivity contribution in [1.29, 1.82) is 5.26 Å². The maximum Gasteiger partial charge on any atom is 0.333 e. The van der Waals surface area contributed by atoms with Crippen molar-refractivity contribution in [3.8, 4) is 6.07 Å². The topological polar surface area (TPSA) is 121 Å². The second kappa shape index (κ2) is 10.5. The molecule has 0 heterocycles. The van der Waals surface area contributed by atoms with Crippen LogP contribution in [0.4, 0.5) is 22.7 Å². The minimum atomic E-state index is -0.614. The van der Waals surface area contributed by atoms with Crippen molar-refractivity contribution in [2.24, 2.45) is 10.2 Å². The van der Waals surface area contributed by atoms with Gasteiger partial charge in [-0.05, 0) is 50.2 Å². The van der Waals surface area contributed by atoms with Gasteiger partial charge in [-0.1, -0.05) is 6.58 Å². The highest BCUT2D eigenvalue weighted by atomic mass is 16.6. The minimum absolute atomic E-state index is 0.0715. The van der Waals surface area contributed by atoms with E-state index in [1.54, 1.807) is 25.1 Å². The summed E-state index contributed by atoms with van der Waals surface area (Å²) < 4.78 is 5.13. The standard InChI is InChI=1S/C21H21N5O4/c1-4-25(11-12-30-21(27)15(2)3)19-8-5-17(6-9-19)23-24-18-7-10-20(26(28)29)16(13-18)14-22/h5-10,13H,2,4,11-12H2,1,3H3. The number of likely N-dealkylation sites (N-methyl/N-ethyl adjacent to an activating group) is 1. The van der Waals surface area contributed by atoms with Crippen LogP contribution in [0.15, 0.2) is 64.8 Å². The van der Waals surface area contributed by atoms with Crippen LogP contribution < -0.4 is 4.90 Å². The Kier molecular flexibility index (Phi) is 7.76. The Hall–Kier alpha value is -4.06. The van der Waals surface area contributed by atoms with Gasteiger partial charge < -0.3 is 9.64 Å². The summed E-state index contributed by atoms with van der Waals surface area (Å²) in [5.41, 5.74) is 1.89. The zero-order chi connectivity index (χ0) is 22.1. The Morgan fingerprint density at radius 1 is 1.23 bits per heavy atom. The van der Waals surface area contributed by atoms with Crippen LogP contribution in [-0.2, 0) is 9.53 Å². The molecule has 0 saturated carbocycles. The molecule has 2 aromatic carbocycles. The maximum absolute atomic E-state index is 11.5. The van der Waals surface area contributed by atoms with E-state index in [1.165, 1.54) is 18.2 Å². The molecule has 0 saturated heterocycles. The van der Waals surface area contributed by atoms with Crippen molar-refractivity contribution in [1.82, 2.24) is 0 Å². The number of carbonyl (C=O) groups excluding carboxylic acids is 1. The molecule has 0 aromatic heterocycles. The van der Waals surface area contributed by atoms with E-state index in [0.29, 0.717) is 23.5 Å². The lowest BCUT2D eigenvalue weighted by Crippen LogP contribution is -2.28. The average Bonchev–Trinajstić information content (AvgIpc) is 2.75. The minimum Gasteiger partial charge on any atom is -0.460 e. The van der Waals surface area contributed by atoms with Crippen LogP contribution in [0.25, 0.3) is 0 Å². The van der Waals surface area contributed by atoms with Crippen molar-refractivity contribution >= 4 is 28.7 Å². The normalized spacial score (nSPS) is 10.4. The summed E-state index contributed by atoms with van der Waals surface area (Å²) in [4.78, 5) is 23.8. The van der Waals surface area contributed by atoms with Gasteiger partial charge in [0.25, 0.3) is 5.69 Å². The number of nitrogens with zero attached hydrogens (tertiary/aromatic N) is 5. The lowest BCUT2D eigenvalue weighted by atomic mass is 10.2. The number of benzene rings is 2. The molecule has 0 fully saturated rings. The van der Waals surface area contributed by atoms with Gasteiger partial charge in [-0.25, -0.2) is 4.79 Å². The fourth-order valence-electron chi connectivity index (χ4n) is 2.52. The van der Waals surface area contributed by atoms with Gasteiger partial charge >= 0.3 is 5.97 Å². The van der Waals surface area contributed by atoms with Gasteiger partial charge in [0.15, 0.2) is 0 Å². The molecule has 9 nitrogen and oxygen atoms in total. The number of hydrogen-bond acceptors (Lipinski definition) is 8. The SMILES string of the molecule is C=C(C)C(=O)OCCN(CC)c1ccc(N=Nc2ccc([N+](=O)[O-])c(C#N)c2)cc1. The van der Waals surface area contributed by atoms with E-state index < -0.39 is 10.9 Å². The Morgan fingerprint density at radius 2 is 1.87 bits per heavy atom. The molecule has 0 aliphatic carbocycles. The van der Waals surface area contributed by atoms with Crippen LogP contribution in [0.1, 0.15) is 19.4 Å². The first-order valence-corrected chi connectivity index (χ1v) is 9.13. The van der Waals surface area contributed by atoms with Crippen LogP contribution >= 0.6 is 0 Å². The lowest BCUT2D eigenvalue weighted by molar-refractivity contribution is -0.385. The molecule has 0 amide bonds. The Morgan fingerprint density at radius 3 is 2.43 bits per heavy atom. The molecule has 154 valence electrons. The zero-order valence-electron chi connectivity index (χ0n) is 16.7. The third-order valence-electron chi connectivity index (χ3n) is 4.12. The molecule has 9 heteroatoms. The fourth-order valence-corrected chi connectivity index (χ4v) is 2.52. The molecule has 30 heavy (non-hydrogen) atoms. The van der Waals surface area contributed by atoms with E-state index >= 15 is 0 Å². The van der Waals surface area contributed by atoms with Gasteiger partial charge in [0.05, 0.1) is 22.8 Å². The number of hydrogen-bond donors (Lipinski definition) is 0. The molecule has 2 rings (SSSR count). The number of azo groups is 1. The summed E-state index contributed by atoms with van der Waals surface area (Å²) in [6, 6.07) is 13.1. The van der Waals surface area contributed by atoms with Gasteiger partial charge in [0.2, 0.25) is 0 Å². The smallest absolute Gasteiger partial charge is 0.333 e. The molecule has 0 radical (unpaired) electrons. The number of anilines is 1. The fraction of sp³-hybridized carbons (Fsp3) is 0.238. The monoisotopic (exact) mass is 407 g/mol. The molecule has 2 aromatic rings. The second-order valence-electron chi connectivity index (χ2n) is 6.28. The van der Waals surface area contributed by atoms with Crippen LogP contribution in [0.2, 0.25) is 0 Å². The highest BCUT2D eigenvalue weighted by Gasteiger charge is 2.13. The first kappa shape index (κ1) is 22.2. The highest BCUT2D eigenvalue weighted by Crippen LogP contribution is 2.26. The highest BCUT2D eigenvalue weighted by molar-refractivity contribution is 5.86. The van der Waals surface area contributed by atoms with Gasteiger partial charge in [-0.3, -0.25) is 10.1 Å². The number of ether oxygens (including phenoxy) is 1. The number of nitriles is 1. The van der Waals surface area contributed by atoms with Crippen LogP contribution in [0, 0.1) is 21.4 Å². The average molecular weight is 407 g/mol. The van der Waals surface area contributed by atoms with E-state index in [1.807, 2.05) is 24.0 Å². The Labute approximate surface area is 174 Å². The van der Waals surface area contributed by atoms with E-state index in [2.05, 4.69) is 16.8 Å². The molecule has 0 aliphatic heterocycles. The molecule has 0 aliphatic rings. The number of esters is 1. The van der Waals surface area contributed by atoms with Crippen LogP contribution in [0.5, 0.6) is 0 Å². The first-order valence-electron chi connectivity index (χ1n) is 9.13. The van der Waals surface area contributed by atoms with Crippen molar-refractivity contribution in [3.05, 3.63) is 70.3 Å². The van der Waals surface area contributed by atoms with Crippen molar-refractivity contribution in [2.75, 3.05) is 24.6 Å². The maximum atomic E-state index is 11.5. The molecular formula is C21H21N5O4. The summed E-state index contributed by atoms with van der Waals surface area (Å²) in [5, 5.41) is 28.1.